The Labute approximate surface area is 132 Å². The minimum atomic E-state index is -3.48. The van der Waals surface area contributed by atoms with Crippen LogP contribution in [0.2, 0.25) is 5.02 Å². The maximum Gasteiger partial charge on any atom is 0.240 e. The van der Waals surface area contributed by atoms with Gasteiger partial charge in [0.15, 0.2) is 0 Å². The van der Waals surface area contributed by atoms with E-state index in [2.05, 4.69) is 10.0 Å². The molecule has 2 N–H and O–H groups in total. The summed E-state index contributed by atoms with van der Waals surface area (Å²) in [6, 6.07) is 4.74. The van der Waals surface area contributed by atoms with E-state index in [1.54, 1.807) is 26.3 Å². The van der Waals surface area contributed by atoms with Gasteiger partial charge in [-0.25, -0.2) is 13.1 Å². The lowest BCUT2D eigenvalue weighted by Crippen LogP contribution is -2.25. The highest BCUT2D eigenvalue weighted by atomic mass is 35.5. The lowest BCUT2D eigenvalue weighted by atomic mass is 10.2. The summed E-state index contributed by atoms with van der Waals surface area (Å²) in [4.78, 5) is 0.244. The van der Waals surface area contributed by atoms with Gasteiger partial charge in [0, 0.05) is 31.8 Å². The van der Waals surface area contributed by atoms with Gasteiger partial charge in [-0.2, -0.15) is 0 Å². The van der Waals surface area contributed by atoms with E-state index in [1.807, 2.05) is 0 Å². The summed E-state index contributed by atoms with van der Waals surface area (Å²) < 4.78 is 31.9. The molecule has 21 heavy (non-hydrogen) atoms. The first kappa shape index (κ1) is 18.4. The average Bonchev–Trinajstić information content (AvgIpc) is 2.45. The number of hydrogen-bond donors (Lipinski definition) is 2. The topological polar surface area (TPSA) is 67.4 Å². The number of unbranched alkanes of at least 4 members (excludes halogenated alkanes) is 2. The van der Waals surface area contributed by atoms with Gasteiger partial charge in [0.25, 0.3) is 0 Å². The fraction of sp³-hybridized carbons (Fsp3) is 0.571. The van der Waals surface area contributed by atoms with Gasteiger partial charge in [-0.15, -0.1) is 0 Å². The molecule has 7 heteroatoms. The Bertz CT molecular complexity index is 535. The van der Waals surface area contributed by atoms with Crippen LogP contribution in [0.1, 0.15) is 24.8 Å². The van der Waals surface area contributed by atoms with Crippen molar-refractivity contribution in [1.82, 2.24) is 10.0 Å². The third kappa shape index (κ3) is 6.32. The molecule has 0 aromatic heterocycles. The van der Waals surface area contributed by atoms with Crippen LogP contribution in [-0.4, -0.2) is 35.7 Å². The van der Waals surface area contributed by atoms with Crippen molar-refractivity contribution in [3.63, 3.8) is 0 Å². The van der Waals surface area contributed by atoms with Crippen molar-refractivity contribution in [2.24, 2.45) is 0 Å². The third-order valence-corrected chi connectivity index (χ3v) is 4.84. The molecule has 0 aliphatic heterocycles. The van der Waals surface area contributed by atoms with Gasteiger partial charge >= 0.3 is 0 Å². The number of benzene rings is 1. The number of rotatable bonds is 10. The van der Waals surface area contributed by atoms with E-state index in [0.29, 0.717) is 24.7 Å². The average molecular weight is 335 g/mol. The van der Waals surface area contributed by atoms with Crippen molar-refractivity contribution in [3.8, 4) is 0 Å². The second-order valence-corrected chi connectivity index (χ2v) is 6.91. The van der Waals surface area contributed by atoms with E-state index in [-0.39, 0.29) is 4.90 Å². The first-order chi connectivity index (χ1) is 10.0. The fourth-order valence-corrected chi connectivity index (χ4v) is 3.19. The number of hydrogen-bond acceptors (Lipinski definition) is 4. The van der Waals surface area contributed by atoms with E-state index in [0.717, 1.165) is 24.8 Å². The summed E-state index contributed by atoms with van der Waals surface area (Å²) in [5, 5.41) is 3.52. The molecule has 1 aromatic rings. The van der Waals surface area contributed by atoms with Crippen molar-refractivity contribution < 1.29 is 13.2 Å². The van der Waals surface area contributed by atoms with Crippen molar-refractivity contribution in [3.05, 3.63) is 28.8 Å². The van der Waals surface area contributed by atoms with Gasteiger partial charge in [0.1, 0.15) is 0 Å². The predicted molar refractivity (Wildman–Crippen MR) is 85.1 cm³/mol. The van der Waals surface area contributed by atoms with Crippen LogP contribution in [0.25, 0.3) is 0 Å². The zero-order valence-corrected chi connectivity index (χ0v) is 14.1. The molecule has 0 spiro atoms. The van der Waals surface area contributed by atoms with Crippen molar-refractivity contribution in [2.75, 3.05) is 27.3 Å². The van der Waals surface area contributed by atoms with Crippen LogP contribution >= 0.6 is 11.6 Å². The monoisotopic (exact) mass is 334 g/mol. The molecule has 0 atom stereocenters. The number of methoxy groups -OCH3 is 1. The quantitative estimate of drug-likeness (QED) is 0.643. The van der Waals surface area contributed by atoms with Gasteiger partial charge < -0.3 is 10.1 Å². The van der Waals surface area contributed by atoms with Crippen LogP contribution in [-0.2, 0) is 21.3 Å². The van der Waals surface area contributed by atoms with Crippen molar-refractivity contribution in [2.45, 2.75) is 30.7 Å². The molecule has 0 amide bonds. The van der Waals surface area contributed by atoms with E-state index in [1.165, 1.54) is 6.07 Å². The minimum Gasteiger partial charge on any atom is -0.385 e. The highest BCUT2D eigenvalue weighted by Gasteiger charge is 2.14. The van der Waals surface area contributed by atoms with Crippen molar-refractivity contribution >= 4 is 21.6 Å². The molecule has 0 aliphatic carbocycles. The number of halogens is 1. The molecule has 1 aromatic carbocycles. The van der Waals surface area contributed by atoms with Crippen LogP contribution < -0.4 is 10.0 Å². The van der Waals surface area contributed by atoms with Crippen LogP contribution in [0.15, 0.2) is 23.1 Å². The molecule has 0 fully saturated rings. The fourth-order valence-electron chi connectivity index (χ4n) is 1.88. The van der Waals surface area contributed by atoms with Crippen LogP contribution in [0.5, 0.6) is 0 Å². The van der Waals surface area contributed by atoms with Crippen molar-refractivity contribution in [1.29, 1.82) is 0 Å². The highest BCUT2D eigenvalue weighted by Crippen LogP contribution is 2.20. The zero-order valence-electron chi connectivity index (χ0n) is 12.5. The number of ether oxygens (including phenoxy) is 1. The van der Waals surface area contributed by atoms with Crippen LogP contribution in [0.4, 0.5) is 0 Å². The molecule has 0 saturated heterocycles. The normalized spacial score (nSPS) is 11.8. The van der Waals surface area contributed by atoms with Gasteiger partial charge in [-0.3, -0.25) is 0 Å². The van der Waals surface area contributed by atoms with Crippen LogP contribution in [0.3, 0.4) is 0 Å². The molecule has 0 saturated carbocycles. The summed E-state index contributed by atoms with van der Waals surface area (Å²) in [6.07, 6.45) is 2.66. The Morgan fingerprint density at radius 1 is 1.24 bits per heavy atom. The molecule has 0 radical (unpaired) electrons. The number of nitrogens with one attached hydrogen (secondary N) is 2. The molecule has 0 unspecified atom stereocenters. The first-order valence-electron chi connectivity index (χ1n) is 6.93. The SMILES string of the molecule is CNCc1cc(S(=O)(=O)NCCCCCOC)ccc1Cl. The highest BCUT2D eigenvalue weighted by molar-refractivity contribution is 7.89. The zero-order chi connectivity index (χ0) is 15.7. The van der Waals surface area contributed by atoms with E-state index < -0.39 is 10.0 Å². The van der Waals surface area contributed by atoms with E-state index >= 15 is 0 Å². The van der Waals surface area contributed by atoms with Gasteiger partial charge in [0.05, 0.1) is 4.90 Å². The summed E-state index contributed by atoms with van der Waals surface area (Å²) >= 11 is 6.03. The second-order valence-electron chi connectivity index (χ2n) is 4.73. The van der Waals surface area contributed by atoms with Gasteiger partial charge in [-0.1, -0.05) is 11.6 Å². The molecule has 120 valence electrons. The summed E-state index contributed by atoms with van der Waals surface area (Å²) in [5.74, 6) is 0. The maximum atomic E-state index is 12.2. The predicted octanol–water partition coefficient (Wildman–Crippen LogP) is 2.15. The number of sulfonamides is 1. The minimum absolute atomic E-state index is 0.244. The van der Waals surface area contributed by atoms with Gasteiger partial charge in [-0.05, 0) is 50.1 Å². The largest absolute Gasteiger partial charge is 0.385 e. The van der Waals surface area contributed by atoms with Crippen LogP contribution in [0, 0.1) is 0 Å². The molecular formula is C14H23ClN2O3S. The summed E-state index contributed by atoms with van der Waals surface area (Å²) in [7, 11) is -0.0321. The van der Waals surface area contributed by atoms with Gasteiger partial charge in [0.2, 0.25) is 10.0 Å². The second kappa shape index (κ2) is 9.38. The Balaban J connectivity index is 2.59. The summed E-state index contributed by atoms with van der Waals surface area (Å²) in [5.41, 5.74) is 0.766. The molecule has 0 aliphatic rings. The Morgan fingerprint density at radius 2 is 2.00 bits per heavy atom. The maximum absolute atomic E-state index is 12.2. The third-order valence-electron chi connectivity index (χ3n) is 3.01. The Kier molecular flexibility index (Phi) is 8.21. The smallest absolute Gasteiger partial charge is 0.240 e. The molecular weight excluding hydrogens is 312 g/mol. The lowest BCUT2D eigenvalue weighted by Gasteiger charge is -2.09. The Morgan fingerprint density at radius 3 is 2.67 bits per heavy atom. The Hall–Kier alpha value is -0.660. The molecule has 1 rings (SSSR count). The molecule has 0 bridgehead atoms. The van der Waals surface area contributed by atoms with E-state index in [9.17, 15) is 8.42 Å². The molecule has 0 heterocycles. The summed E-state index contributed by atoms with van der Waals surface area (Å²) in [6.45, 7) is 1.66. The first-order valence-corrected chi connectivity index (χ1v) is 8.79. The molecule has 5 nitrogen and oxygen atoms in total. The lowest BCUT2D eigenvalue weighted by molar-refractivity contribution is 0.192. The van der Waals surface area contributed by atoms with E-state index in [4.69, 9.17) is 16.3 Å². The standard InChI is InChI=1S/C14H23ClN2O3S/c1-16-11-12-10-13(6-7-14(12)15)21(18,19)17-8-4-3-5-9-20-2/h6-7,10,16-17H,3-5,8-9,11H2,1-2H3.